The van der Waals surface area contributed by atoms with E-state index in [2.05, 4.69) is 20.7 Å². The Bertz CT molecular complexity index is 519. The molecule has 0 aliphatic rings. The monoisotopic (exact) mass is 346 g/mol. The second-order valence-corrected chi connectivity index (χ2v) is 5.29. The quantitative estimate of drug-likeness (QED) is 0.480. The fraction of sp³-hybridized carbons (Fsp3) is 0.417. The molecule has 8 heteroatoms. The summed E-state index contributed by atoms with van der Waals surface area (Å²) in [4.78, 5) is 21.7. The smallest absolute Gasteiger partial charge is 0.325 e. The summed E-state index contributed by atoms with van der Waals surface area (Å²) in [5, 5.41) is 10.9. The number of nitrogens with two attached hydrogens (primary N) is 1. The number of nitro benzene ring substituents is 1. The second-order valence-electron chi connectivity index (χ2n) is 4.38. The normalized spacial score (nSPS) is 13.4. The highest BCUT2D eigenvalue weighted by Gasteiger charge is 2.29. The first-order chi connectivity index (χ1) is 9.27. The van der Waals surface area contributed by atoms with E-state index in [1.807, 2.05) is 0 Å². The SMILES string of the molecule is COC(=O)C(C)(N)CCOc1ccc(Br)cc1[N+](=O)[O-]. The molecule has 1 aromatic carbocycles. The van der Waals surface area contributed by atoms with Crippen LogP contribution in [0.3, 0.4) is 0 Å². The number of carbonyl (C=O) groups excluding carboxylic acids is 1. The predicted octanol–water partition coefficient (Wildman–Crippen LogP) is 2.02. The van der Waals surface area contributed by atoms with Crippen LogP contribution in [-0.4, -0.2) is 30.1 Å². The van der Waals surface area contributed by atoms with Gasteiger partial charge in [-0.2, -0.15) is 0 Å². The van der Waals surface area contributed by atoms with E-state index in [0.717, 1.165) is 0 Å². The minimum Gasteiger partial charge on any atom is -0.487 e. The lowest BCUT2D eigenvalue weighted by atomic mass is 10.0. The first-order valence-electron chi connectivity index (χ1n) is 5.72. The molecule has 1 rings (SSSR count). The van der Waals surface area contributed by atoms with Crippen molar-refractivity contribution in [1.29, 1.82) is 0 Å². The highest BCUT2D eigenvalue weighted by molar-refractivity contribution is 9.10. The second kappa shape index (κ2) is 6.67. The lowest BCUT2D eigenvalue weighted by Gasteiger charge is -2.21. The van der Waals surface area contributed by atoms with Crippen molar-refractivity contribution in [3.63, 3.8) is 0 Å². The van der Waals surface area contributed by atoms with E-state index in [-0.39, 0.29) is 24.5 Å². The molecule has 20 heavy (non-hydrogen) atoms. The summed E-state index contributed by atoms with van der Waals surface area (Å²) in [6.45, 7) is 1.57. The number of hydrogen-bond donors (Lipinski definition) is 1. The molecular formula is C12H15BrN2O5. The van der Waals surface area contributed by atoms with Gasteiger partial charge in [0.1, 0.15) is 5.54 Å². The summed E-state index contributed by atoms with van der Waals surface area (Å²) < 4.78 is 10.5. The zero-order valence-electron chi connectivity index (χ0n) is 11.1. The van der Waals surface area contributed by atoms with Gasteiger partial charge in [-0.15, -0.1) is 0 Å². The Morgan fingerprint density at radius 3 is 2.75 bits per heavy atom. The minimum absolute atomic E-state index is 0.0601. The third-order valence-corrected chi connectivity index (χ3v) is 3.14. The van der Waals surface area contributed by atoms with Gasteiger partial charge in [-0.1, -0.05) is 15.9 Å². The van der Waals surface area contributed by atoms with Crippen LogP contribution < -0.4 is 10.5 Å². The van der Waals surface area contributed by atoms with Crippen LogP contribution >= 0.6 is 15.9 Å². The van der Waals surface area contributed by atoms with Crippen LogP contribution in [0.2, 0.25) is 0 Å². The number of halogens is 1. The zero-order valence-corrected chi connectivity index (χ0v) is 12.7. The first-order valence-corrected chi connectivity index (χ1v) is 6.51. The number of nitro groups is 1. The van der Waals surface area contributed by atoms with Gasteiger partial charge in [0, 0.05) is 17.0 Å². The minimum atomic E-state index is -1.20. The van der Waals surface area contributed by atoms with Crippen molar-refractivity contribution in [2.24, 2.45) is 5.73 Å². The van der Waals surface area contributed by atoms with Crippen LogP contribution in [-0.2, 0) is 9.53 Å². The van der Waals surface area contributed by atoms with E-state index < -0.39 is 16.4 Å². The predicted molar refractivity (Wildman–Crippen MR) is 75.5 cm³/mol. The van der Waals surface area contributed by atoms with E-state index in [1.165, 1.54) is 26.2 Å². The molecule has 1 unspecified atom stereocenters. The molecular weight excluding hydrogens is 332 g/mol. The van der Waals surface area contributed by atoms with Gasteiger partial charge in [0.15, 0.2) is 5.75 Å². The molecule has 0 amide bonds. The number of hydrogen-bond acceptors (Lipinski definition) is 6. The summed E-state index contributed by atoms with van der Waals surface area (Å²) in [5.41, 5.74) is 4.41. The van der Waals surface area contributed by atoms with Crippen molar-refractivity contribution >= 4 is 27.6 Å². The summed E-state index contributed by atoms with van der Waals surface area (Å²) >= 11 is 3.15. The molecule has 0 radical (unpaired) electrons. The standard InChI is InChI=1S/C12H15BrN2O5/c1-12(14,11(16)19-2)5-6-20-10-4-3-8(13)7-9(10)15(17)18/h3-4,7H,5-6,14H2,1-2H3. The van der Waals surface area contributed by atoms with E-state index in [4.69, 9.17) is 10.5 Å². The molecule has 2 N–H and O–H groups in total. The Kier molecular flexibility index (Phi) is 5.46. The number of rotatable bonds is 6. The van der Waals surface area contributed by atoms with E-state index in [1.54, 1.807) is 6.07 Å². The number of carbonyl (C=O) groups is 1. The molecule has 0 aliphatic heterocycles. The molecule has 0 heterocycles. The van der Waals surface area contributed by atoms with Gasteiger partial charge in [-0.3, -0.25) is 14.9 Å². The number of benzene rings is 1. The molecule has 0 aromatic heterocycles. The third-order valence-electron chi connectivity index (χ3n) is 2.65. The number of methoxy groups -OCH3 is 1. The largest absolute Gasteiger partial charge is 0.487 e. The topological polar surface area (TPSA) is 105 Å². The molecule has 1 atom stereocenters. The highest BCUT2D eigenvalue weighted by Crippen LogP contribution is 2.30. The molecule has 0 spiro atoms. The van der Waals surface area contributed by atoms with Crippen molar-refractivity contribution in [3.8, 4) is 5.75 Å². The Balaban J connectivity index is 2.72. The van der Waals surface area contributed by atoms with Gasteiger partial charge in [0.25, 0.3) is 0 Å². The van der Waals surface area contributed by atoms with Gasteiger partial charge < -0.3 is 15.2 Å². The molecule has 0 fully saturated rings. The third kappa shape index (κ3) is 4.17. The molecule has 0 saturated carbocycles. The summed E-state index contributed by atoms with van der Waals surface area (Å²) in [5.74, 6) is -0.440. The van der Waals surface area contributed by atoms with Gasteiger partial charge in [0.05, 0.1) is 18.6 Å². The van der Waals surface area contributed by atoms with Crippen LogP contribution in [0.5, 0.6) is 5.75 Å². The highest BCUT2D eigenvalue weighted by atomic mass is 79.9. The van der Waals surface area contributed by atoms with E-state index in [9.17, 15) is 14.9 Å². The molecule has 0 aliphatic carbocycles. The van der Waals surface area contributed by atoms with Gasteiger partial charge in [-0.25, -0.2) is 0 Å². The van der Waals surface area contributed by atoms with Crippen LogP contribution in [0, 0.1) is 10.1 Å². The molecule has 110 valence electrons. The van der Waals surface area contributed by atoms with Crippen molar-refractivity contribution in [2.45, 2.75) is 18.9 Å². The zero-order chi connectivity index (χ0) is 15.3. The Labute approximate surface area is 124 Å². The van der Waals surface area contributed by atoms with Gasteiger partial charge in [0.2, 0.25) is 0 Å². The average Bonchev–Trinajstić information content (AvgIpc) is 2.39. The summed E-state index contributed by atoms with van der Waals surface area (Å²) in [6.07, 6.45) is 0.174. The van der Waals surface area contributed by atoms with Crippen LogP contribution in [0.25, 0.3) is 0 Å². The Hall–Kier alpha value is -1.67. The van der Waals surface area contributed by atoms with Crippen molar-refractivity contribution in [2.75, 3.05) is 13.7 Å². The Morgan fingerprint density at radius 1 is 1.55 bits per heavy atom. The van der Waals surface area contributed by atoms with Crippen LogP contribution in [0.4, 0.5) is 5.69 Å². The van der Waals surface area contributed by atoms with Crippen molar-refractivity contribution in [1.82, 2.24) is 0 Å². The fourth-order valence-electron chi connectivity index (χ4n) is 1.46. The van der Waals surface area contributed by atoms with Gasteiger partial charge in [-0.05, 0) is 19.1 Å². The Morgan fingerprint density at radius 2 is 2.20 bits per heavy atom. The maximum Gasteiger partial charge on any atom is 0.325 e. The van der Waals surface area contributed by atoms with E-state index >= 15 is 0 Å². The molecule has 0 bridgehead atoms. The lowest BCUT2D eigenvalue weighted by molar-refractivity contribution is -0.385. The van der Waals surface area contributed by atoms with Crippen LogP contribution in [0.15, 0.2) is 22.7 Å². The number of esters is 1. The van der Waals surface area contributed by atoms with Crippen molar-refractivity contribution in [3.05, 3.63) is 32.8 Å². The van der Waals surface area contributed by atoms with Crippen molar-refractivity contribution < 1.29 is 19.2 Å². The molecule has 7 nitrogen and oxygen atoms in total. The summed E-state index contributed by atoms with van der Waals surface area (Å²) in [7, 11) is 1.24. The maximum absolute atomic E-state index is 11.4. The number of nitrogens with zero attached hydrogens (tertiary/aromatic N) is 1. The van der Waals surface area contributed by atoms with E-state index in [0.29, 0.717) is 4.47 Å². The molecule has 1 aromatic rings. The fourth-order valence-corrected chi connectivity index (χ4v) is 1.81. The summed E-state index contributed by atoms with van der Waals surface area (Å²) in [6, 6.07) is 4.45. The first kappa shape index (κ1) is 16.4. The maximum atomic E-state index is 11.4. The number of ether oxygens (including phenoxy) is 2. The van der Waals surface area contributed by atoms with Crippen LogP contribution in [0.1, 0.15) is 13.3 Å². The lowest BCUT2D eigenvalue weighted by Crippen LogP contribution is -2.46. The molecule has 0 saturated heterocycles. The average molecular weight is 347 g/mol. The van der Waals surface area contributed by atoms with Gasteiger partial charge >= 0.3 is 11.7 Å².